The van der Waals surface area contributed by atoms with Gasteiger partial charge in [0.1, 0.15) is 12.6 Å². The number of halogens is 3. The molecule has 7 nitrogen and oxygen atoms in total. The number of hydrogen-bond donors (Lipinski definition) is 1. The van der Waals surface area contributed by atoms with Gasteiger partial charge >= 0.3 is 0 Å². The fourth-order valence-corrected chi connectivity index (χ4v) is 5.47. The quantitative estimate of drug-likeness (QED) is 0.473. The Morgan fingerprint density at radius 1 is 1.03 bits per heavy atom. The minimum absolute atomic E-state index is 0.00626. The lowest BCUT2D eigenvalue weighted by Crippen LogP contribution is -2.52. The summed E-state index contributed by atoms with van der Waals surface area (Å²) in [6.07, 6.45) is 4.91. The molecular formula is C24H28Cl3N3O4S. The van der Waals surface area contributed by atoms with Crippen LogP contribution in [0.25, 0.3) is 0 Å². The number of benzene rings is 2. The number of nitrogens with zero attached hydrogens (tertiary/aromatic N) is 2. The molecule has 11 heteroatoms. The highest BCUT2D eigenvalue weighted by Crippen LogP contribution is 2.25. The first kappa shape index (κ1) is 27.6. The first-order chi connectivity index (χ1) is 16.5. The maximum absolute atomic E-state index is 13.6. The van der Waals surface area contributed by atoms with Crippen molar-refractivity contribution in [1.29, 1.82) is 0 Å². The molecule has 2 aromatic rings. The summed E-state index contributed by atoms with van der Waals surface area (Å²) >= 11 is 18.3. The Morgan fingerprint density at radius 3 is 2.20 bits per heavy atom. The predicted octanol–water partition coefficient (Wildman–Crippen LogP) is 4.89. The molecule has 0 heterocycles. The van der Waals surface area contributed by atoms with Gasteiger partial charge in [0.15, 0.2) is 0 Å². The normalized spacial score (nSPS) is 15.0. The van der Waals surface area contributed by atoms with Crippen LogP contribution in [0.1, 0.15) is 38.2 Å². The molecule has 0 radical (unpaired) electrons. The van der Waals surface area contributed by atoms with Gasteiger partial charge in [0, 0.05) is 27.7 Å². The van der Waals surface area contributed by atoms with Gasteiger partial charge in [-0.2, -0.15) is 0 Å². The maximum atomic E-state index is 13.6. The SMILES string of the molecule is C[C@@H](C(=O)NC1CCCC1)N(Cc1ccc(Cl)cc1Cl)C(=O)CN(c1ccc(Cl)cc1)S(C)(=O)=O. The molecule has 1 aliphatic rings. The monoisotopic (exact) mass is 559 g/mol. The number of sulfonamides is 1. The van der Waals surface area contributed by atoms with E-state index in [0.717, 1.165) is 36.2 Å². The number of amides is 2. The Labute approximate surface area is 221 Å². The standard InChI is InChI=1S/C24H28Cl3N3O4S/c1-16(24(32)28-20-5-3-4-6-20)29(14-17-7-8-19(26)13-22(17)27)23(31)15-30(35(2,33)34)21-11-9-18(25)10-12-21/h7-13,16,20H,3-6,14-15H2,1-2H3,(H,28,32)/t16-/m0/s1. The number of carbonyl (C=O) groups is 2. The summed E-state index contributed by atoms with van der Waals surface area (Å²) in [5.41, 5.74) is 0.875. The number of rotatable bonds is 9. The van der Waals surface area contributed by atoms with E-state index in [-0.39, 0.29) is 24.2 Å². The second-order valence-corrected chi connectivity index (χ2v) is 11.9. The number of carbonyl (C=O) groups excluding carboxylic acids is 2. The Bertz CT molecular complexity index is 1170. The molecular weight excluding hydrogens is 533 g/mol. The zero-order valence-corrected chi connectivity index (χ0v) is 22.6. The van der Waals surface area contributed by atoms with Gasteiger partial charge < -0.3 is 10.2 Å². The molecule has 1 saturated carbocycles. The molecule has 2 aromatic carbocycles. The van der Waals surface area contributed by atoms with Gasteiger partial charge in [0.25, 0.3) is 0 Å². The van der Waals surface area contributed by atoms with Crippen molar-refractivity contribution in [3.8, 4) is 0 Å². The van der Waals surface area contributed by atoms with E-state index in [1.165, 1.54) is 17.0 Å². The Kier molecular flexibility index (Phi) is 9.32. The third-order valence-corrected chi connectivity index (χ3v) is 8.00. The fourth-order valence-electron chi connectivity index (χ4n) is 4.03. The zero-order chi connectivity index (χ0) is 25.8. The van der Waals surface area contributed by atoms with Crippen molar-refractivity contribution in [2.24, 2.45) is 0 Å². The number of nitrogens with one attached hydrogen (secondary N) is 1. The van der Waals surface area contributed by atoms with Gasteiger partial charge in [-0.25, -0.2) is 8.42 Å². The van der Waals surface area contributed by atoms with Crippen LogP contribution in [-0.2, 0) is 26.2 Å². The molecule has 2 amide bonds. The van der Waals surface area contributed by atoms with Crippen LogP contribution in [0, 0.1) is 0 Å². The highest BCUT2D eigenvalue weighted by atomic mass is 35.5. The summed E-state index contributed by atoms with van der Waals surface area (Å²) in [5, 5.41) is 4.23. The van der Waals surface area contributed by atoms with E-state index in [1.807, 2.05) is 0 Å². The highest BCUT2D eigenvalue weighted by molar-refractivity contribution is 7.92. The topological polar surface area (TPSA) is 86.8 Å². The van der Waals surface area contributed by atoms with Crippen molar-refractivity contribution in [3.63, 3.8) is 0 Å². The lowest BCUT2D eigenvalue weighted by atomic mass is 10.1. The largest absolute Gasteiger partial charge is 0.352 e. The minimum atomic E-state index is -3.81. The molecule has 0 bridgehead atoms. The van der Waals surface area contributed by atoms with E-state index in [4.69, 9.17) is 34.8 Å². The summed E-state index contributed by atoms with van der Waals surface area (Å²) in [4.78, 5) is 28.0. The van der Waals surface area contributed by atoms with Crippen LogP contribution in [0.3, 0.4) is 0 Å². The van der Waals surface area contributed by atoms with Crippen molar-refractivity contribution in [3.05, 3.63) is 63.1 Å². The third-order valence-electron chi connectivity index (χ3n) is 6.02. The van der Waals surface area contributed by atoms with Crippen LogP contribution in [0.4, 0.5) is 5.69 Å². The van der Waals surface area contributed by atoms with Gasteiger partial charge in [-0.15, -0.1) is 0 Å². The Hall–Kier alpha value is -2.00. The summed E-state index contributed by atoms with van der Waals surface area (Å²) < 4.78 is 26.1. The second kappa shape index (κ2) is 11.8. The molecule has 1 atom stereocenters. The van der Waals surface area contributed by atoms with Crippen LogP contribution in [0.5, 0.6) is 0 Å². The Balaban J connectivity index is 1.89. The van der Waals surface area contributed by atoms with Crippen molar-refractivity contribution in [1.82, 2.24) is 10.2 Å². The molecule has 3 rings (SSSR count). The van der Waals surface area contributed by atoms with E-state index in [1.54, 1.807) is 37.3 Å². The minimum Gasteiger partial charge on any atom is -0.352 e. The van der Waals surface area contributed by atoms with Crippen LogP contribution in [0.2, 0.25) is 15.1 Å². The summed E-state index contributed by atoms with van der Waals surface area (Å²) in [6.45, 7) is 1.14. The number of anilines is 1. The molecule has 1 fully saturated rings. The molecule has 0 saturated heterocycles. The maximum Gasteiger partial charge on any atom is 0.244 e. The van der Waals surface area contributed by atoms with Crippen LogP contribution >= 0.6 is 34.8 Å². The average molecular weight is 561 g/mol. The van der Waals surface area contributed by atoms with E-state index < -0.39 is 28.5 Å². The predicted molar refractivity (Wildman–Crippen MR) is 141 cm³/mol. The van der Waals surface area contributed by atoms with Crippen molar-refractivity contribution >= 4 is 62.3 Å². The summed E-state index contributed by atoms with van der Waals surface area (Å²) in [5.74, 6) is -0.849. The molecule has 1 N–H and O–H groups in total. The number of hydrogen-bond acceptors (Lipinski definition) is 4. The van der Waals surface area contributed by atoms with Crippen molar-refractivity contribution < 1.29 is 18.0 Å². The van der Waals surface area contributed by atoms with E-state index in [0.29, 0.717) is 20.6 Å². The van der Waals surface area contributed by atoms with Gasteiger partial charge in [-0.1, -0.05) is 53.7 Å². The second-order valence-electron chi connectivity index (χ2n) is 8.67. The van der Waals surface area contributed by atoms with Crippen molar-refractivity contribution in [2.75, 3.05) is 17.1 Å². The fraction of sp³-hybridized carbons (Fsp3) is 0.417. The molecule has 0 unspecified atom stereocenters. The third kappa shape index (κ3) is 7.49. The van der Waals surface area contributed by atoms with Gasteiger partial charge in [-0.05, 0) is 61.7 Å². The smallest absolute Gasteiger partial charge is 0.244 e. The lowest BCUT2D eigenvalue weighted by Gasteiger charge is -2.32. The summed E-state index contributed by atoms with van der Waals surface area (Å²) in [7, 11) is -3.81. The van der Waals surface area contributed by atoms with E-state index >= 15 is 0 Å². The van der Waals surface area contributed by atoms with E-state index in [2.05, 4.69) is 5.32 Å². The molecule has 1 aliphatic carbocycles. The Morgan fingerprint density at radius 2 is 1.63 bits per heavy atom. The van der Waals surface area contributed by atoms with Gasteiger partial charge in [-0.3, -0.25) is 13.9 Å². The molecule has 0 aromatic heterocycles. The van der Waals surface area contributed by atoms with Gasteiger partial charge in [0.2, 0.25) is 21.8 Å². The van der Waals surface area contributed by atoms with E-state index in [9.17, 15) is 18.0 Å². The average Bonchev–Trinajstić information content (AvgIpc) is 3.29. The van der Waals surface area contributed by atoms with Crippen LogP contribution < -0.4 is 9.62 Å². The molecule has 190 valence electrons. The van der Waals surface area contributed by atoms with Crippen LogP contribution in [0.15, 0.2) is 42.5 Å². The first-order valence-corrected chi connectivity index (χ1v) is 14.2. The van der Waals surface area contributed by atoms with Crippen molar-refractivity contribution in [2.45, 2.75) is 51.2 Å². The lowest BCUT2D eigenvalue weighted by molar-refractivity contribution is -0.139. The molecule has 35 heavy (non-hydrogen) atoms. The van der Waals surface area contributed by atoms with Crippen LogP contribution in [-0.4, -0.2) is 50.0 Å². The zero-order valence-electron chi connectivity index (χ0n) is 19.5. The van der Waals surface area contributed by atoms with Gasteiger partial charge in [0.05, 0.1) is 11.9 Å². The highest BCUT2D eigenvalue weighted by Gasteiger charge is 2.31. The molecule has 0 aliphatic heterocycles. The first-order valence-electron chi connectivity index (χ1n) is 11.2. The summed E-state index contributed by atoms with van der Waals surface area (Å²) in [6, 6.07) is 10.2. The molecule has 0 spiro atoms.